The van der Waals surface area contributed by atoms with E-state index in [9.17, 15) is 4.79 Å². The lowest BCUT2D eigenvalue weighted by molar-refractivity contribution is 0.0165. The minimum Gasteiger partial charge on any atom is -0.449 e. The minimum absolute atomic E-state index is 0. The summed E-state index contributed by atoms with van der Waals surface area (Å²) >= 11 is 0. The predicted molar refractivity (Wildman–Crippen MR) is 122 cm³/mol. The normalized spacial score (nSPS) is 12.0. The van der Waals surface area contributed by atoms with Crippen molar-refractivity contribution in [2.45, 2.75) is 5.92 Å². The van der Waals surface area contributed by atoms with Crippen LogP contribution in [0.15, 0.2) is 48.5 Å². The van der Waals surface area contributed by atoms with Crippen LogP contribution >= 0.6 is 12.4 Å². The summed E-state index contributed by atoms with van der Waals surface area (Å²) in [4.78, 5) is 12.0. The van der Waals surface area contributed by atoms with Crippen LogP contribution in [0.25, 0.3) is 11.1 Å². The number of halogens is 1. The second kappa shape index (κ2) is 14.0. The highest BCUT2D eigenvalue weighted by atomic mass is 35.5. The highest BCUT2D eigenvalue weighted by Gasteiger charge is 2.28. The third-order valence-corrected chi connectivity index (χ3v) is 4.87. The first-order valence-electron chi connectivity index (χ1n) is 10.3. The highest BCUT2D eigenvalue weighted by molar-refractivity contribution is 5.85. The van der Waals surface area contributed by atoms with Crippen LogP contribution in [0.3, 0.4) is 0 Å². The summed E-state index contributed by atoms with van der Waals surface area (Å²) in [5.41, 5.74) is 10.1. The number of fused-ring (bicyclic) bond motifs is 3. The standard InChI is InChI=1S/C23H30N2O5.ClH/c24-9-11-27-13-15-29-16-14-28-12-10-25-23(26)30-17-22-20-7-3-1-5-18(20)19-6-2-4-8-21(19)22;/h1-8,22H,9-17,24H2,(H,25,26);1H. The molecule has 0 aromatic heterocycles. The molecule has 31 heavy (non-hydrogen) atoms. The van der Waals surface area contributed by atoms with Gasteiger partial charge in [-0.15, -0.1) is 12.4 Å². The molecule has 0 saturated heterocycles. The van der Waals surface area contributed by atoms with Crippen molar-refractivity contribution in [2.24, 2.45) is 5.73 Å². The summed E-state index contributed by atoms with van der Waals surface area (Å²) in [6, 6.07) is 16.5. The summed E-state index contributed by atoms with van der Waals surface area (Å²) < 4.78 is 21.5. The molecule has 1 amide bonds. The predicted octanol–water partition coefficient (Wildman–Crippen LogP) is 2.96. The van der Waals surface area contributed by atoms with Gasteiger partial charge in [0.25, 0.3) is 0 Å². The number of ether oxygens (including phenoxy) is 4. The van der Waals surface area contributed by atoms with Gasteiger partial charge in [0.15, 0.2) is 0 Å². The maximum Gasteiger partial charge on any atom is 0.407 e. The van der Waals surface area contributed by atoms with Crippen LogP contribution in [-0.4, -0.2) is 65.4 Å². The van der Waals surface area contributed by atoms with Crippen LogP contribution < -0.4 is 11.1 Å². The molecule has 1 aliphatic carbocycles. The fraction of sp³-hybridized carbons (Fsp3) is 0.435. The Bertz CT molecular complexity index is 760. The van der Waals surface area contributed by atoms with E-state index in [0.29, 0.717) is 59.3 Å². The fourth-order valence-electron chi connectivity index (χ4n) is 3.50. The average molecular weight is 451 g/mol. The van der Waals surface area contributed by atoms with Crippen LogP contribution in [0.1, 0.15) is 17.0 Å². The third kappa shape index (κ3) is 7.48. The van der Waals surface area contributed by atoms with Gasteiger partial charge < -0.3 is 30.0 Å². The highest BCUT2D eigenvalue weighted by Crippen LogP contribution is 2.44. The van der Waals surface area contributed by atoms with Crippen molar-refractivity contribution >= 4 is 18.5 Å². The lowest BCUT2D eigenvalue weighted by Gasteiger charge is -2.14. The van der Waals surface area contributed by atoms with E-state index in [1.165, 1.54) is 22.3 Å². The van der Waals surface area contributed by atoms with Crippen molar-refractivity contribution in [3.05, 3.63) is 59.7 Å². The van der Waals surface area contributed by atoms with Crippen molar-refractivity contribution in [1.29, 1.82) is 0 Å². The largest absolute Gasteiger partial charge is 0.449 e. The number of alkyl carbamates (subject to hydrolysis) is 1. The maximum atomic E-state index is 12.0. The van der Waals surface area contributed by atoms with Crippen LogP contribution in [0.5, 0.6) is 0 Å². The van der Waals surface area contributed by atoms with Crippen LogP contribution in [0.4, 0.5) is 4.79 Å². The number of benzene rings is 2. The van der Waals surface area contributed by atoms with E-state index in [2.05, 4.69) is 29.6 Å². The fourth-order valence-corrected chi connectivity index (χ4v) is 3.50. The van der Waals surface area contributed by atoms with E-state index in [4.69, 9.17) is 24.7 Å². The number of carbonyl (C=O) groups is 1. The number of hydrogen-bond acceptors (Lipinski definition) is 6. The van der Waals surface area contributed by atoms with Gasteiger partial charge >= 0.3 is 6.09 Å². The molecule has 0 unspecified atom stereocenters. The smallest absolute Gasteiger partial charge is 0.407 e. The third-order valence-electron chi connectivity index (χ3n) is 4.87. The zero-order valence-electron chi connectivity index (χ0n) is 17.6. The molecule has 2 aromatic rings. The Labute approximate surface area is 189 Å². The molecular formula is C23H31ClN2O5. The first-order valence-corrected chi connectivity index (χ1v) is 10.3. The molecule has 3 N–H and O–H groups in total. The summed E-state index contributed by atoms with van der Waals surface area (Å²) in [6.07, 6.45) is -0.436. The van der Waals surface area contributed by atoms with Gasteiger partial charge in [0.2, 0.25) is 0 Å². The number of nitrogens with one attached hydrogen (secondary N) is 1. The molecular weight excluding hydrogens is 420 g/mol. The second-order valence-corrected chi connectivity index (χ2v) is 6.88. The van der Waals surface area contributed by atoms with Gasteiger partial charge in [-0.3, -0.25) is 0 Å². The Kier molecular flexibility index (Phi) is 11.3. The van der Waals surface area contributed by atoms with Crippen LogP contribution in [-0.2, 0) is 18.9 Å². The summed E-state index contributed by atoms with van der Waals surface area (Å²) in [5.74, 6) is 0.0605. The van der Waals surface area contributed by atoms with Crippen molar-refractivity contribution in [2.75, 3.05) is 59.3 Å². The van der Waals surface area contributed by atoms with E-state index in [-0.39, 0.29) is 18.3 Å². The summed E-state index contributed by atoms with van der Waals surface area (Å²) in [7, 11) is 0. The van der Waals surface area contributed by atoms with Crippen LogP contribution in [0.2, 0.25) is 0 Å². The molecule has 170 valence electrons. The van der Waals surface area contributed by atoms with Crippen molar-refractivity contribution < 1.29 is 23.7 Å². The Morgan fingerprint density at radius 3 is 1.90 bits per heavy atom. The molecule has 0 aliphatic heterocycles. The molecule has 7 nitrogen and oxygen atoms in total. The van der Waals surface area contributed by atoms with Gasteiger partial charge in [-0.1, -0.05) is 48.5 Å². The molecule has 0 spiro atoms. The Balaban J connectivity index is 0.00000341. The number of nitrogens with two attached hydrogens (primary N) is 1. The van der Waals surface area contributed by atoms with Gasteiger partial charge in [0.05, 0.1) is 39.6 Å². The van der Waals surface area contributed by atoms with Gasteiger partial charge in [0.1, 0.15) is 6.61 Å². The molecule has 0 atom stereocenters. The molecule has 8 heteroatoms. The average Bonchev–Trinajstić information content (AvgIpc) is 3.10. The van der Waals surface area contributed by atoms with E-state index in [1.54, 1.807) is 0 Å². The Morgan fingerprint density at radius 2 is 1.32 bits per heavy atom. The zero-order chi connectivity index (χ0) is 21.0. The lowest BCUT2D eigenvalue weighted by Crippen LogP contribution is -2.29. The molecule has 3 rings (SSSR count). The molecule has 0 saturated carbocycles. The molecule has 2 aromatic carbocycles. The molecule has 0 heterocycles. The van der Waals surface area contributed by atoms with Gasteiger partial charge in [0, 0.05) is 19.0 Å². The van der Waals surface area contributed by atoms with Gasteiger partial charge in [-0.2, -0.15) is 0 Å². The first-order chi connectivity index (χ1) is 14.8. The number of rotatable bonds is 13. The van der Waals surface area contributed by atoms with E-state index in [0.717, 1.165) is 0 Å². The van der Waals surface area contributed by atoms with Crippen molar-refractivity contribution in [3.63, 3.8) is 0 Å². The zero-order valence-corrected chi connectivity index (χ0v) is 18.4. The number of amides is 1. The summed E-state index contributed by atoms with van der Waals surface area (Å²) in [5, 5.41) is 2.72. The van der Waals surface area contributed by atoms with E-state index in [1.807, 2.05) is 24.3 Å². The molecule has 1 aliphatic rings. The number of carbonyl (C=O) groups excluding carboxylic acids is 1. The molecule has 0 bridgehead atoms. The topological polar surface area (TPSA) is 92.0 Å². The van der Waals surface area contributed by atoms with E-state index >= 15 is 0 Å². The van der Waals surface area contributed by atoms with Gasteiger partial charge in [-0.25, -0.2) is 4.79 Å². The lowest BCUT2D eigenvalue weighted by atomic mass is 9.98. The Hall–Kier alpha value is -2.16. The monoisotopic (exact) mass is 450 g/mol. The molecule has 0 radical (unpaired) electrons. The first kappa shape index (κ1) is 25.1. The second-order valence-electron chi connectivity index (χ2n) is 6.88. The van der Waals surface area contributed by atoms with Crippen LogP contribution in [0, 0.1) is 0 Å². The SMILES string of the molecule is Cl.NCCOCCOCCOCCNC(=O)OCC1c2ccccc2-c2ccccc21. The minimum atomic E-state index is -0.436. The van der Waals surface area contributed by atoms with E-state index < -0.39 is 6.09 Å². The summed E-state index contributed by atoms with van der Waals surface area (Å²) in [6.45, 7) is 4.14. The van der Waals surface area contributed by atoms with Crippen molar-refractivity contribution in [1.82, 2.24) is 5.32 Å². The quantitative estimate of drug-likeness (QED) is 0.456. The van der Waals surface area contributed by atoms with Crippen molar-refractivity contribution in [3.8, 4) is 11.1 Å². The molecule has 0 fully saturated rings. The Morgan fingerprint density at radius 1 is 0.806 bits per heavy atom. The number of hydrogen-bond donors (Lipinski definition) is 2. The maximum absolute atomic E-state index is 12.0. The van der Waals surface area contributed by atoms with Gasteiger partial charge in [-0.05, 0) is 22.3 Å².